The molecule has 2 aromatic carbocycles. The summed E-state index contributed by atoms with van der Waals surface area (Å²) in [5.74, 6) is 0.635. The maximum absolute atomic E-state index is 12.8. The number of methoxy groups -OCH3 is 1. The van der Waals surface area contributed by atoms with Gasteiger partial charge in [-0.3, -0.25) is 9.59 Å². The molecule has 1 heterocycles. The van der Waals surface area contributed by atoms with Crippen LogP contribution in [0.2, 0.25) is 0 Å². The van der Waals surface area contributed by atoms with Crippen LogP contribution in [0.4, 0.5) is 5.69 Å². The second kappa shape index (κ2) is 9.43. The molecular formula is C21H21N3O6S. The lowest BCUT2D eigenvalue weighted by atomic mass is 10.3. The zero-order valence-electron chi connectivity index (χ0n) is 16.9. The Hall–Kier alpha value is -3.66. The normalized spacial score (nSPS) is 11.0. The number of benzene rings is 2. The third kappa shape index (κ3) is 5.28. The van der Waals surface area contributed by atoms with Gasteiger partial charge in [-0.15, -0.1) is 0 Å². The summed E-state index contributed by atoms with van der Waals surface area (Å²) in [5, 5.41) is 6.18. The van der Waals surface area contributed by atoms with Crippen LogP contribution in [0.15, 0.2) is 75.4 Å². The van der Waals surface area contributed by atoms with Crippen LogP contribution in [-0.2, 0) is 21.2 Å². The lowest BCUT2D eigenvalue weighted by molar-refractivity contribution is -0.117. The Morgan fingerprint density at radius 1 is 1.00 bits per heavy atom. The fourth-order valence-electron chi connectivity index (χ4n) is 2.70. The first kappa shape index (κ1) is 22.0. The topological polar surface area (TPSA) is 117 Å². The van der Waals surface area contributed by atoms with Gasteiger partial charge >= 0.3 is 0 Å². The number of sulfone groups is 1. The molecule has 0 aliphatic heterocycles. The second-order valence-electron chi connectivity index (χ2n) is 6.35. The van der Waals surface area contributed by atoms with Crippen molar-refractivity contribution >= 4 is 21.4 Å². The van der Waals surface area contributed by atoms with Crippen molar-refractivity contribution in [3.05, 3.63) is 71.0 Å². The van der Waals surface area contributed by atoms with Gasteiger partial charge in [0, 0.05) is 11.8 Å². The first-order valence-electron chi connectivity index (χ1n) is 9.33. The molecule has 9 nitrogen and oxygen atoms in total. The Labute approximate surface area is 179 Å². The first-order chi connectivity index (χ1) is 14.8. The first-order valence-corrected chi connectivity index (χ1v) is 10.8. The molecule has 0 unspecified atom stereocenters. The van der Waals surface area contributed by atoms with Gasteiger partial charge in [0.2, 0.25) is 15.7 Å². The largest absolute Gasteiger partial charge is 0.497 e. The van der Waals surface area contributed by atoms with Crippen LogP contribution in [0.1, 0.15) is 6.92 Å². The number of carbonyl (C=O) groups is 1. The van der Waals surface area contributed by atoms with E-state index in [-0.39, 0.29) is 9.92 Å². The van der Waals surface area contributed by atoms with E-state index in [2.05, 4.69) is 10.4 Å². The van der Waals surface area contributed by atoms with E-state index in [1.165, 1.54) is 31.4 Å². The minimum absolute atomic E-state index is 0.00941. The Kier molecular flexibility index (Phi) is 6.71. The van der Waals surface area contributed by atoms with E-state index in [1.54, 1.807) is 24.3 Å². The predicted molar refractivity (Wildman–Crippen MR) is 113 cm³/mol. The molecule has 1 amide bonds. The van der Waals surface area contributed by atoms with Gasteiger partial charge in [-0.05, 0) is 61.5 Å². The Bertz CT molecular complexity index is 1220. The summed E-state index contributed by atoms with van der Waals surface area (Å²) in [4.78, 5) is 24.4. The van der Waals surface area contributed by atoms with Crippen LogP contribution < -0.4 is 20.3 Å². The standard InChI is InChI=1S/C21H21N3O6S/c1-3-30-17-6-4-15(5-7-17)22-19(25)14-24-21(26)13-12-20(23-24)31(27,28)18-10-8-16(29-2)9-11-18/h4-13H,3,14H2,1-2H3,(H,22,25). The number of anilines is 1. The zero-order valence-corrected chi connectivity index (χ0v) is 17.8. The number of amides is 1. The summed E-state index contributed by atoms with van der Waals surface area (Å²) >= 11 is 0. The predicted octanol–water partition coefficient (Wildman–Crippen LogP) is 2.12. The smallest absolute Gasteiger partial charge is 0.267 e. The van der Waals surface area contributed by atoms with Crippen LogP contribution >= 0.6 is 0 Å². The molecule has 3 aromatic rings. The van der Waals surface area contributed by atoms with Crippen molar-refractivity contribution in [3.8, 4) is 11.5 Å². The van der Waals surface area contributed by atoms with Crippen molar-refractivity contribution in [2.24, 2.45) is 0 Å². The van der Waals surface area contributed by atoms with Gasteiger partial charge in [-0.1, -0.05) is 0 Å². The minimum Gasteiger partial charge on any atom is -0.497 e. The van der Waals surface area contributed by atoms with Crippen molar-refractivity contribution in [1.82, 2.24) is 9.78 Å². The summed E-state index contributed by atoms with van der Waals surface area (Å²) in [6.07, 6.45) is 0. The third-order valence-corrected chi connectivity index (χ3v) is 5.89. The molecule has 0 saturated carbocycles. The van der Waals surface area contributed by atoms with Crippen LogP contribution in [0, 0.1) is 0 Å². The van der Waals surface area contributed by atoms with Crippen LogP contribution in [-0.4, -0.2) is 37.8 Å². The number of carbonyl (C=O) groups excluding carboxylic acids is 1. The summed E-state index contributed by atoms with van der Waals surface area (Å²) < 4.78 is 36.8. The summed E-state index contributed by atoms with van der Waals surface area (Å²) in [7, 11) is -2.51. The molecule has 0 bridgehead atoms. The molecule has 1 aromatic heterocycles. The molecule has 0 radical (unpaired) electrons. The van der Waals surface area contributed by atoms with E-state index in [9.17, 15) is 18.0 Å². The number of hydrogen-bond donors (Lipinski definition) is 1. The van der Waals surface area contributed by atoms with E-state index in [0.717, 1.165) is 16.8 Å². The zero-order chi connectivity index (χ0) is 22.4. The Morgan fingerprint density at radius 2 is 1.65 bits per heavy atom. The number of rotatable bonds is 8. The number of ether oxygens (including phenoxy) is 2. The van der Waals surface area contributed by atoms with Crippen molar-refractivity contribution in [3.63, 3.8) is 0 Å². The average molecular weight is 443 g/mol. The molecule has 0 saturated heterocycles. The molecule has 0 aliphatic carbocycles. The maximum Gasteiger partial charge on any atom is 0.267 e. The quantitative estimate of drug-likeness (QED) is 0.567. The van der Waals surface area contributed by atoms with Crippen LogP contribution in [0.25, 0.3) is 0 Å². The molecule has 10 heteroatoms. The summed E-state index contributed by atoms with van der Waals surface area (Å²) in [5.41, 5.74) is -0.0981. The van der Waals surface area contributed by atoms with Crippen LogP contribution in [0.5, 0.6) is 11.5 Å². The lowest BCUT2D eigenvalue weighted by Gasteiger charge is -2.10. The number of aromatic nitrogens is 2. The minimum atomic E-state index is -3.98. The summed E-state index contributed by atoms with van der Waals surface area (Å²) in [6, 6.07) is 14.7. The van der Waals surface area contributed by atoms with Gasteiger partial charge in [0.05, 0.1) is 18.6 Å². The monoisotopic (exact) mass is 443 g/mol. The molecule has 31 heavy (non-hydrogen) atoms. The van der Waals surface area contributed by atoms with Gasteiger partial charge < -0.3 is 14.8 Å². The molecule has 0 aliphatic rings. The second-order valence-corrected chi connectivity index (χ2v) is 8.25. The lowest BCUT2D eigenvalue weighted by Crippen LogP contribution is -2.30. The van der Waals surface area contributed by atoms with Gasteiger partial charge in [-0.2, -0.15) is 5.10 Å². The van der Waals surface area contributed by atoms with Gasteiger partial charge in [0.25, 0.3) is 5.56 Å². The molecule has 0 atom stereocenters. The van der Waals surface area contributed by atoms with Gasteiger partial charge in [0.15, 0.2) is 5.03 Å². The molecule has 162 valence electrons. The van der Waals surface area contributed by atoms with E-state index in [1.807, 2.05) is 6.92 Å². The van der Waals surface area contributed by atoms with E-state index in [4.69, 9.17) is 9.47 Å². The van der Waals surface area contributed by atoms with Crippen molar-refractivity contribution in [1.29, 1.82) is 0 Å². The number of nitrogens with zero attached hydrogens (tertiary/aromatic N) is 2. The highest BCUT2D eigenvalue weighted by Gasteiger charge is 2.21. The van der Waals surface area contributed by atoms with Gasteiger partial charge in [0.1, 0.15) is 18.0 Å². The summed E-state index contributed by atoms with van der Waals surface area (Å²) in [6.45, 7) is 1.94. The molecule has 0 spiro atoms. The molecule has 0 fully saturated rings. The van der Waals surface area contributed by atoms with E-state index >= 15 is 0 Å². The Morgan fingerprint density at radius 3 is 2.26 bits per heavy atom. The van der Waals surface area contributed by atoms with E-state index in [0.29, 0.717) is 23.8 Å². The van der Waals surface area contributed by atoms with Crippen LogP contribution in [0.3, 0.4) is 0 Å². The Balaban J connectivity index is 1.78. The molecular weight excluding hydrogens is 422 g/mol. The van der Waals surface area contributed by atoms with Crippen molar-refractivity contribution in [2.45, 2.75) is 23.4 Å². The number of hydrogen-bond acceptors (Lipinski definition) is 7. The van der Waals surface area contributed by atoms with Gasteiger partial charge in [-0.25, -0.2) is 13.1 Å². The molecule has 1 N–H and O–H groups in total. The van der Waals surface area contributed by atoms with Crippen molar-refractivity contribution < 1.29 is 22.7 Å². The van der Waals surface area contributed by atoms with Crippen molar-refractivity contribution in [2.75, 3.05) is 19.0 Å². The highest BCUT2D eigenvalue weighted by molar-refractivity contribution is 7.91. The maximum atomic E-state index is 12.8. The molecule has 3 rings (SSSR count). The average Bonchev–Trinajstić information content (AvgIpc) is 2.76. The highest BCUT2D eigenvalue weighted by atomic mass is 32.2. The number of nitrogens with one attached hydrogen (secondary N) is 1. The SMILES string of the molecule is CCOc1ccc(NC(=O)Cn2nc(S(=O)(=O)c3ccc(OC)cc3)ccc2=O)cc1. The third-order valence-electron chi connectivity index (χ3n) is 4.23. The fourth-order valence-corrected chi connectivity index (χ4v) is 3.89. The fraction of sp³-hybridized carbons (Fsp3) is 0.190. The van der Waals surface area contributed by atoms with E-state index < -0.39 is 27.8 Å². The highest BCUT2D eigenvalue weighted by Crippen LogP contribution is 2.21.